The summed E-state index contributed by atoms with van der Waals surface area (Å²) in [6.07, 6.45) is 0. The van der Waals surface area contributed by atoms with Gasteiger partial charge in [-0.2, -0.15) is 4.98 Å². The molecular weight excluding hydrogens is 249 g/mol. The fourth-order valence-corrected chi connectivity index (χ4v) is 1.50. The Bertz CT molecular complexity index is 532. The van der Waals surface area contributed by atoms with Crippen LogP contribution in [0.25, 0.3) is 11.4 Å². The van der Waals surface area contributed by atoms with Crippen LogP contribution in [0.15, 0.2) is 22.7 Å². The van der Waals surface area contributed by atoms with E-state index in [4.69, 9.17) is 27.0 Å². The van der Waals surface area contributed by atoms with Crippen molar-refractivity contribution in [2.45, 2.75) is 6.04 Å². The molecule has 1 unspecified atom stereocenters. The van der Waals surface area contributed by atoms with Crippen LogP contribution in [0.5, 0.6) is 0 Å². The monoisotopic (exact) mass is 257 g/mol. The van der Waals surface area contributed by atoms with E-state index in [1.54, 1.807) is 0 Å². The molecule has 17 heavy (non-hydrogen) atoms. The molecule has 5 nitrogen and oxygen atoms in total. The van der Waals surface area contributed by atoms with E-state index < -0.39 is 11.9 Å². The van der Waals surface area contributed by atoms with Gasteiger partial charge >= 0.3 is 0 Å². The van der Waals surface area contributed by atoms with E-state index in [9.17, 15) is 4.39 Å². The molecule has 0 aliphatic rings. The summed E-state index contributed by atoms with van der Waals surface area (Å²) in [5, 5.41) is 12.7. The van der Waals surface area contributed by atoms with Gasteiger partial charge in [-0.15, -0.1) is 0 Å². The largest absolute Gasteiger partial charge is 0.394 e. The number of aliphatic hydroxyl groups is 1. The molecule has 90 valence electrons. The van der Waals surface area contributed by atoms with Gasteiger partial charge in [0.25, 0.3) is 0 Å². The van der Waals surface area contributed by atoms with E-state index in [1.807, 2.05) is 0 Å². The number of aromatic nitrogens is 2. The Morgan fingerprint density at radius 2 is 2.29 bits per heavy atom. The molecule has 0 fully saturated rings. The summed E-state index contributed by atoms with van der Waals surface area (Å²) in [5.41, 5.74) is 5.95. The zero-order valence-corrected chi connectivity index (χ0v) is 9.36. The van der Waals surface area contributed by atoms with E-state index in [2.05, 4.69) is 10.1 Å². The van der Waals surface area contributed by atoms with Crippen molar-refractivity contribution in [1.29, 1.82) is 0 Å². The molecule has 1 aromatic heterocycles. The summed E-state index contributed by atoms with van der Waals surface area (Å²) in [6, 6.07) is 3.09. The number of rotatable bonds is 3. The van der Waals surface area contributed by atoms with Crippen LogP contribution < -0.4 is 5.73 Å². The normalized spacial score (nSPS) is 12.7. The Labute approximate surface area is 101 Å². The smallest absolute Gasteiger partial charge is 0.246 e. The minimum atomic E-state index is -0.740. The first-order valence-electron chi connectivity index (χ1n) is 4.77. The second-order valence-electron chi connectivity index (χ2n) is 3.37. The average Bonchev–Trinajstić information content (AvgIpc) is 2.77. The third-order valence-electron chi connectivity index (χ3n) is 2.13. The maximum absolute atomic E-state index is 12.8. The third-order valence-corrected chi connectivity index (χ3v) is 2.44. The van der Waals surface area contributed by atoms with E-state index in [0.29, 0.717) is 5.56 Å². The Kier molecular flexibility index (Phi) is 3.37. The van der Waals surface area contributed by atoms with Gasteiger partial charge in [0.2, 0.25) is 11.7 Å². The molecule has 2 aromatic rings. The molecule has 0 bridgehead atoms. The van der Waals surface area contributed by atoms with Gasteiger partial charge in [0.15, 0.2) is 0 Å². The lowest BCUT2D eigenvalue weighted by atomic mass is 10.2. The van der Waals surface area contributed by atoms with E-state index in [-0.39, 0.29) is 23.3 Å². The summed E-state index contributed by atoms with van der Waals surface area (Å²) in [4.78, 5) is 3.97. The van der Waals surface area contributed by atoms with Gasteiger partial charge in [0.05, 0.1) is 11.6 Å². The van der Waals surface area contributed by atoms with Gasteiger partial charge in [-0.3, -0.25) is 0 Å². The van der Waals surface area contributed by atoms with Crippen LogP contribution in [0, 0.1) is 5.82 Å². The molecule has 1 heterocycles. The van der Waals surface area contributed by atoms with Gasteiger partial charge in [0.1, 0.15) is 11.9 Å². The van der Waals surface area contributed by atoms with E-state index in [0.717, 1.165) is 6.07 Å². The first-order chi connectivity index (χ1) is 8.11. The van der Waals surface area contributed by atoms with Gasteiger partial charge in [-0.25, -0.2) is 4.39 Å². The SMILES string of the molecule is NC(CO)c1nc(-c2ccc(F)cc2Cl)no1. The molecule has 0 radical (unpaired) electrons. The van der Waals surface area contributed by atoms with Crippen molar-refractivity contribution in [2.75, 3.05) is 6.61 Å². The number of hydrogen-bond donors (Lipinski definition) is 2. The van der Waals surface area contributed by atoms with Crippen molar-refractivity contribution < 1.29 is 14.0 Å². The fraction of sp³-hybridized carbons (Fsp3) is 0.200. The summed E-state index contributed by atoms with van der Waals surface area (Å²) < 4.78 is 17.7. The molecule has 3 N–H and O–H groups in total. The Hall–Kier alpha value is -1.50. The molecule has 0 aliphatic heterocycles. The lowest BCUT2D eigenvalue weighted by molar-refractivity contribution is 0.237. The Balaban J connectivity index is 2.37. The van der Waals surface area contributed by atoms with Crippen molar-refractivity contribution >= 4 is 11.6 Å². The van der Waals surface area contributed by atoms with Crippen molar-refractivity contribution in [3.63, 3.8) is 0 Å². The number of aliphatic hydroxyl groups excluding tert-OH is 1. The fourth-order valence-electron chi connectivity index (χ4n) is 1.24. The Morgan fingerprint density at radius 3 is 2.94 bits per heavy atom. The van der Waals surface area contributed by atoms with Crippen molar-refractivity contribution in [3.8, 4) is 11.4 Å². The number of nitrogens with zero attached hydrogens (tertiary/aromatic N) is 2. The van der Waals surface area contributed by atoms with Crippen molar-refractivity contribution in [2.24, 2.45) is 5.73 Å². The summed E-state index contributed by atoms with van der Waals surface area (Å²) in [5.74, 6) is -0.147. The van der Waals surface area contributed by atoms with Crippen LogP contribution in [0.1, 0.15) is 11.9 Å². The number of hydrogen-bond acceptors (Lipinski definition) is 5. The minimum absolute atomic E-state index is 0.0999. The molecule has 1 atom stereocenters. The predicted octanol–water partition coefficient (Wildman–Crippen LogP) is 1.52. The van der Waals surface area contributed by atoms with Crippen LogP contribution in [-0.4, -0.2) is 21.9 Å². The van der Waals surface area contributed by atoms with Crippen LogP contribution in [0.4, 0.5) is 4.39 Å². The lowest BCUT2D eigenvalue weighted by Gasteiger charge is -1.99. The van der Waals surface area contributed by atoms with Crippen LogP contribution in [0.3, 0.4) is 0 Å². The second-order valence-corrected chi connectivity index (χ2v) is 3.78. The van der Waals surface area contributed by atoms with E-state index in [1.165, 1.54) is 12.1 Å². The number of nitrogens with two attached hydrogens (primary N) is 1. The molecular formula is C10H9ClFN3O2. The molecule has 7 heteroatoms. The van der Waals surface area contributed by atoms with Gasteiger partial charge < -0.3 is 15.4 Å². The number of halogens is 2. The summed E-state index contributed by atoms with van der Waals surface area (Å²) >= 11 is 5.84. The van der Waals surface area contributed by atoms with Crippen molar-refractivity contribution in [3.05, 3.63) is 34.9 Å². The summed E-state index contributed by atoms with van der Waals surface area (Å²) in [7, 11) is 0. The highest BCUT2D eigenvalue weighted by atomic mass is 35.5. The minimum Gasteiger partial charge on any atom is -0.394 e. The van der Waals surface area contributed by atoms with Gasteiger partial charge in [-0.05, 0) is 18.2 Å². The van der Waals surface area contributed by atoms with Gasteiger partial charge in [0, 0.05) is 5.56 Å². The quantitative estimate of drug-likeness (QED) is 0.871. The summed E-state index contributed by atoms with van der Waals surface area (Å²) in [6.45, 7) is -0.307. The van der Waals surface area contributed by atoms with Crippen LogP contribution in [0.2, 0.25) is 5.02 Å². The Morgan fingerprint density at radius 1 is 1.53 bits per heavy atom. The van der Waals surface area contributed by atoms with E-state index >= 15 is 0 Å². The second kappa shape index (κ2) is 4.79. The molecule has 1 aromatic carbocycles. The first-order valence-corrected chi connectivity index (χ1v) is 5.15. The molecule has 2 rings (SSSR count). The standard InChI is InChI=1S/C10H9ClFN3O2/c11-7-3-5(12)1-2-6(7)9-14-10(17-15-9)8(13)4-16/h1-3,8,16H,4,13H2. The highest BCUT2D eigenvalue weighted by Gasteiger charge is 2.16. The molecule has 0 saturated carbocycles. The molecule has 0 spiro atoms. The molecule has 0 saturated heterocycles. The molecule has 0 aliphatic carbocycles. The van der Waals surface area contributed by atoms with Crippen molar-refractivity contribution in [1.82, 2.24) is 10.1 Å². The van der Waals surface area contributed by atoms with Crippen LogP contribution in [-0.2, 0) is 0 Å². The zero-order chi connectivity index (χ0) is 12.4. The van der Waals surface area contributed by atoms with Gasteiger partial charge in [-0.1, -0.05) is 16.8 Å². The maximum atomic E-state index is 12.8. The number of benzene rings is 1. The third kappa shape index (κ3) is 2.44. The first kappa shape index (κ1) is 12.0. The highest BCUT2D eigenvalue weighted by Crippen LogP contribution is 2.26. The molecule has 0 amide bonds. The predicted molar refractivity (Wildman–Crippen MR) is 58.7 cm³/mol. The zero-order valence-electron chi connectivity index (χ0n) is 8.60. The topological polar surface area (TPSA) is 85.2 Å². The average molecular weight is 258 g/mol. The highest BCUT2D eigenvalue weighted by molar-refractivity contribution is 6.33. The van der Waals surface area contributed by atoms with Crippen LogP contribution >= 0.6 is 11.6 Å². The lowest BCUT2D eigenvalue weighted by Crippen LogP contribution is -2.14. The maximum Gasteiger partial charge on any atom is 0.246 e.